The molecule has 0 rings (SSSR count). The van der Waals surface area contributed by atoms with Gasteiger partial charge in [0.15, 0.2) is 0 Å². The number of carbonyl (C=O) groups excluding carboxylic acids is 1. The van der Waals surface area contributed by atoms with E-state index in [1.165, 1.54) is 0 Å². The summed E-state index contributed by atoms with van der Waals surface area (Å²) in [6, 6.07) is 0.332. The first kappa shape index (κ1) is 15.4. The van der Waals surface area contributed by atoms with E-state index >= 15 is 0 Å². The third-order valence-electron chi connectivity index (χ3n) is 2.73. The highest BCUT2D eigenvalue weighted by Crippen LogP contribution is 1.96. The zero-order valence-electron chi connectivity index (χ0n) is 11.2. The lowest BCUT2D eigenvalue weighted by Crippen LogP contribution is -2.41. The molecule has 16 heavy (non-hydrogen) atoms. The highest BCUT2D eigenvalue weighted by molar-refractivity contribution is 5.78. The van der Waals surface area contributed by atoms with Gasteiger partial charge in [-0.3, -0.25) is 9.69 Å². The fourth-order valence-electron chi connectivity index (χ4n) is 1.62. The van der Waals surface area contributed by atoms with Gasteiger partial charge in [-0.1, -0.05) is 13.8 Å². The van der Waals surface area contributed by atoms with Gasteiger partial charge in [0.25, 0.3) is 0 Å². The Morgan fingerprint density at radius 1 is 1.31 bits per heavy atom. The molecular formula is C12H27N3O. The summed E-state index contributed by atoms with van der Waals surface area (Å²) >= 11 is 0. The van der Waals surface area contributed by atoms with E-state index in [0.29, 0.717) is 12.6 Å². The van der Waals surface area contributed by atoms with E-state index in [2.05, 4.69) is 29.4 Å². The summed E-state index contributed by atoms with van der Waals surface area (Å²) in [5, 5.41) is 6.14. The van der Waals surface area contributed by atoms with Crippen LogP contribution >= 0.6 is 0 Å². The standard InChI is InChI=1S/C12H27N3O/c1-5-11(6-2)14-12(16)10-15(4)9-7-8-13-3/h11,13H,5-10H2,1-4H3,(H,14,16). The van der Waals surface area contributed by atoms with Gasteiger partial charge < -0.3 is 10.6 Å². The SMILES string of the molecule is CCC(CC)NC(=O)CN(C)CCCNC. The molecule has 4 nitrogen and oxygen atoms in total. The van der Waals surface area contributed by atoms with Crippen LogP contribution in [0.1, 0.15) is 33.1 Å². The van der Waals surface area contributed by atoms with Crippen LogP contribution in [-0.2, 0) is 4.79 Å². The Morgan fingerprint density at radius 3 is 2.44 bits per heavy atom. The van der Waals surface area contributed by atoms with Crippen LogP contribution in [-0.4, -0.2) is 50.6 Å². The fraction of sp³-hybridized carbons (Fsp3) is 0.917. The molecule has 0 heterocycles. The quantitative estimate of drug-likeness (QED) is 0.576. The zero-order valence-corrected chi connectivity index (χ0v) is 11.2. The van der Waals surface area contributed by atoms with Crippen molar-refractivity contribution in [2.45, 2.75) is 39.2 Å². The van der Waals surface area contributed by atoms with Crippen molar-refractivity contribution >= 4 is 5.91 Å². The summed E-state index contributed by atoms with van der Waals surface area (Å²) in [6.07, 6.45) is 3.09. The van der Waals surface area contributed by atoms with E-state index in [4.69, 9.17) is 0 Å². The zero-order chi connectivity index (χ0) is 12.4. The Morgan fingerprint density at radius 2 is 1.94 bits per heavy atom. The first-order valence-electron chi connectivity index (χ1n) is 6.26. The second-order valence-electron chi connectivity index (χ2n) is 4.28. The van der Waals surface area contributed by atoms with Crippen molar-refractivity contribution in [3.05, 3.63) is 0 Å². The van der Waals surface area contributed by atoms with Crippen molar-refractivity contribution in [2.75, 3.05) is 33.7 Å². The highest BCUT2D eigenvalue weighted by atomic mass is 16.2. The lowest BCUT2D eigenvalue weighted by molar-refractivity contribution is -0.122. The highest BCUT2D eigenvalue weighted by Gasteiger charge is 2.10. The van der Waals surface area contributed by atoms with E-state index in [0.717, 1.165) is 32.4 Å². The van der Waals surface area contributed by atoms with Crippen LogP contribution in [0.5, 0.6) is 0 Å². The van der Waals surface area contributed by atoms with E-state index in [-0.39, 0.29) is 5.91 Å². The molecule has 0 spiro atoms. The average Bonchev–Trinajstić information content (AvgIpc) is 2.26. The van der Waals surface area contributed by atoms with Crippen LogP contribution in [0, 0.1) is 0 Å². The molecule has 0 aromatic carbocycles. The molecule has 0 aliphatic carbocycles. The van der Waals surface area contributed by atoms with Crippen LogP contribution in [0.3, 0.4) is 0 Å². The maximum atomic E-state index is 11.6. The number of nitrogens with one attached hydrogen (secondary N) is 2. The molecule has 0 unspecified atom stereocenters. The molecule has 0 aromatic rings. The normalized spacial score (nSPS) is 11.1. The molecule has 0 aliphatic heterocycles. The van der Waals surface area contributed by atoms with Gasteiger partial charge in [0.05, 0.1) is 6.54 Å². The summed E-state index contributed by atoms with van der Waals surface area (Å²) in [7, 11) is 3.93. The number of hydrogen-bond donors (Lipinski definition) is 2. The summed E-state index contributed by atoms with van der Waals surface area (Å²) in [6.45, 7) is 6.66. The van der Waals surface area contributed by atoms with Gasteiger partial charge in [-0.2, -0.15) is 0 Å². The van der Waals surface area contributed by atoms with Gasteiger partial charge in [-0.25, -0.2) is 0 Å². The number of carbonyl (C=O) groups is 1. The van der Waals surface area contributed by atoms with Gasteiger partial charge >= 0.3 is 0 Å². The predicted molar refractivity (Wildman–Crippen MR) is 68.6 cm³/mol. The van der Waals surface area contributed by atoms with E-state index in [1.807, 2.05) is 14.1 Å². The monoisotopic (exact) mass is 229 g/mol. The van der Waals surface area contributed by atoms with Crippen LogP contribution < -0.4 is 10.6 Å². The Bertz CT molecular complexity index is 181. The van der Waals surface area contributed by atoms with Crippen molar-refractivity contribution in [1.82, 2.24) is 15.5 Å². The molecule has 0 saturated carbocycles. The molecule has 0 aromatic heterocycles. The van der Waals surface area contributed by atoms with Gasteiger partial charge in [0.2, 0.25) is 5.91 Å². The first-order valence-corrected chi connectivity index (χ1v) is 6.26. The number of hydrogen-bond acceptors (Lipinski definition) is 3. The second-order valence-corrected chi connectivity index (χ2v) is 4.28. The van der Waals surface area contributed by atoms with Crippen LogP contribution in [0.4, 0.5) is 0 Å². The van der Waals surface area contributed by atoms with Crippen molar-refractivity contribution < 1.29 is 4.79 Å². The minimum Gasteiger partial charge on any atom is -0.352 e. The molecule has 0 fully saturated rings. The molecule has 0 radical (unpaired) electrons. The summed E-state index contributed by atoms with van der Waals surface area (Å²) in [5.41, 5.74) is 0. The molecule has 4 heteroatoms. The Hall–Kier alpha value is -0.610. The van der Waals surface area contributed by atoms with Gasteiger partial charge in [-0.05, 0) is 46.4 Å². The van der Waals surface area contributed by atoms with Crippen LogP contribution in [0.25, 0.3) is 0 Å². The molecule has 1 amide bonds. The summed E-state index contributed by atoms with van der Waals surface area (Å²) in [4.78, 5) is 13.7. The fourth-order valence-corrected chi connectivity index (χ4v) is 1.62. The topological polar surface area (TPSA) is 44.4 Å². The summed E-state index contributed by atoms with van der Waals surface area (Å²) < 4.78 is 0. The van der Waals surface area contributed by atoms with Crippen molar-refractivity contribution in [1.29, 1.82) is 0 Å². The van der Waals surface area contributed by atoms with Crippen molar-refractivity contribution in [3.8, 4) is 0 Å². The lowest BCUT2D eigenvalue weighted by atomic mass is 10.2. The number of rotatable bonds is 9. The van der Waals surface area contributed by atoms with Crippen LogP contribution in [0.15, 0.2) is 0 Å². The molecule has 0 bridgehead atoms. The van der Waals surface area contributed by atoms with Gasteiger partial charge in [0.1, 0.15) is 0 Å². The Kier molecular flexibility index (Phi) is 9.24. The maximum Gasteiger partial charge on any atom is 0.234 e. The third kappa shape index (κ3) is 7.65. The Labute approximate surface area is 99.8 Å². The van der Waals surface area contributed by atoms with Gasteiger partial charge in [0, 0.05) is 6.04 Å². The molecular weight excluding hydrogens is 202 g/mol. The third-order valence-corrected chi connectivity index (χ3v) is 2.73. The van der Waals surface area contributed by atoms with E-state index in [9.17, 15) is 4.79 Å². The molecule has 0 saturated heterocycles. The minimum atomic E-state index is 0.139. The lowest BCUT2D eigenvalue weighted by Gasteiger charge is -2.19. The number of likely N-dealkylation sites (N-methyl/N-ethyl adjacent to an activating group) is 1. The van der Waals surface area contributed by atoms with E-state index in [1.54, 1.807) is 0 Å². The van der Waals surface area contributed by atoms with Gasteiger partial charge in [-0.15, -0.1) is 0 Å². The van der Waals surface area contributed by atoms with Crippen molar-refractivity contribution in [2.24, 2.45) is 0 Å². The van der Waals surface area contributed by atoms with Crippen molar-refractivity contribution in [3.63, 3.8) is 0 Å². The molecule has 96 valence electrons. The van der Waals surface area contributed by atoms with Crippen LogP contribution in [0.2, 0.25) is 0 Å². The molecule has 2 N–H and O–H groups in total. The smallest absolute Gasteiger partial charge is 0.234 e. The molecule has 0 aliphatic rings. The molecule has 0 atom stereocenters. The maximum absolute atomic E-state index is 11.6. The number of amides is 1. The minimum absolute atomic E-state index is 0.139. The predicted octanol–water partition coefficient (Wildman–Crippen LogP) is 0.833. The summed E-state index contributed by atoms with van der Waals surface area (Å²) in [5.74, 6) is 0.139. The first-order chi connectivity index (χ1) is 7.63. The second kappa shape index (κ2) is 9.60. The largest absolute Gasteiger partial charge is 0.352 e. The number of nitrogens with zero attached hydrogens (tertiary/aromatic N) is 1. The average molecular weight is 229 g/mol. The Balaban J connectivity index is 3.68. The van der Waals surface area contributed by atoms with E-state index < -0.39 is 0 Å².